The summed E-state index contributed by atoms with van der Waals surface area (Å²) in [6.45, 7) is 0. The van der Waals surface area contributed by atoms with Crippen LogP contribution in [0.15, 0.2) is 18.2 Å². The Bertz CT molecular complexity index is 571. The number of carbonyl (C=O) groups excluding carboxylic acids is 1. The number of aromatic nitrogens is 1. The molecule has 0 bridgehead atoms. The summed E-state index contributed by atoms with van der Waals surface area (Å²) < 4.78 is 5.08. The molecule has 2 aromatic rings. The van der Waals surface area contributed by atoms with Crippen molar-refractivity contribution in [1.29, 1.82) is 0 Å². The van der Waals surface area contributed by atoms with E-state index in [0.29, 0.717) is 22.9 Å². The topological polar surface area (TPSA) is 79.4 Å². The molecule has 5 heteroatoms. The lowest BCUT2D eigenvalue weighted by Gasteiger charge is -1.99. The fourth-order valence-corrected chi connectivity index (χ4v) is 1.67. The Balaban J connectivity index is 2.86. The van der Waals surface area contributed by atoms with Crippen LogP contribution < -0.4 is 4.74 Å². The van der Waals surface area contributed by atoms with E-state index in [1.807, 2.05) is 0 Å². The fourth-order valence-electron chi connectivity index (χ4n) is 1.67. The number of hydrogen-bond acceptors (Lipinski definition) is 3. The molecule has 0 amide bonds. The molecule has 0 aliphatic carbocycles. The molecule has 1 aromatic carbocycles. The first-order valence-corrected chi connectivity index (χ1v) is 4.56. The van der Waals surface area contributed by atoms with E-state index in [-0.39, 0.29) is 11.3 Å². The highest BCUT2D eigenvalue weighted by molar-refractivity contribution is 6.08. The normalized spacial score (nSPS) is 10.3. The zero-order valence-electron chi connectivity index (χ0n) is 8.48. The van der Waals surface area contributed by atoms with E-state index in [0.717, 1.165) is 0 Å². The summed E-state index contributed by atoms with van der Waals surface area (Å²) in [6.07, 6.45) is 0.529. The van der Waals surface area contributed by atoms with Gasteiger partial charge in [0.25, 0.3) is 0 Å². The Hall–Kier alpha value is -2.30. The Morgan fingerprint density at radius 2 is 2.25 bits per heavy atom. The van der Waals surface area contributed by atoms with Gasteiger partial charge in [-0.3, -0.25) is 4.79 Å². The zero-order valence-corrected chi connectivity index (χ0v) is 8.48. The Kier molecular flexibility index (Phi) is 2.36. The van der Waals surface area contributed by atoms with Crippen LogP contribution in [0.4, 0.5) is 0 Å². The summed E-state index contributed by atoms with van der Waals surface area (Å²) in [4.78, 5) is 24.5. The van der Waals surface area contributed by atoms with Gasteiger partial charge in [0.2, 0.25) is 0 Å². The van der Waals surface area contributed by atoms with Gasteiger partial charge in [-0.25, -0.2) is 4.79 Å². The van der Waals surface area contributed by atoms with Crippen molar-refractivity contribution in [3.63, 3.8) is 0 Å². The zero-order chi connectivity index (χ0) is 11.7. The summed E-state index contributed by atoms with van der Waals surface area (Å²) in [5, 5.41) is 9.48. The van der Waals surface area contributed by atoms with Gasteiger partial charge in [-0.2, -0.15) is 0 Å². The van der Waals surface area contributed by atoms with E-state index in [2.05, 4.69) is 4.98 Å². The summed E-state index contributed by atoms with van der Waals surface area (Å²) in [5.41, 5.74) is 0.542. The van der Waals surface area contributed by atoms with Gasteiger partial charge in [-0.1, -0.05) is 12.1 Å². The van der Waals surface area contributed by atoms with Gasteiger partial charge in [-0.15, -0.1) is 0 Å². The molecule has 82 valence electrons. The number of methoxy groups -OCH3 is 1. The third-order valence-corrected chi connectivity index (χ3v) is 2.39. The van der Waals surface area contributed by atoms with Crippen molar-refractivity contribution in [3.8, 4) is 5.75 Å². The number of ether oxygens (including phenoxy) is 1. The third kappa shape index (κ3) is 1.33. The van der Waals surface area contributed by atoms with E-state index in [4.69, 9.17) is 9.84 Å². The quantitative estimate of drug-likeness (QED) is 0.770. The van der Waals surface area contributed by atoms with Crippen LogP contribution in [0.2, 0.25) is 0 Å². The van der Waals surface area contributed by atoms with Crippen LogP contribution in [-0.2, 0) is 0 Å². The highest BCUT2D eigenvalue weighted by Crippen LogP contribution is 2.28. The largest absolute Gasteiger partial charge is 0.495 e. The summed E-state index contributed by atoms with van der Waals surface area (Å²) in [5.74, 6) is -0.659. The van der Waals surface area contributed by atoms with Crippen molar-refractivity contribution in [2.24, 2.45) is 0 Å². The second kappa shape index (κ2) is 3.69. The number of para-hydroxylation sites is 1. The molecule has 0 spiro atoms. The van der Waals surface area contributed by atoms with Gasteiger partial charge < -0.3 is 14.8 Å². The first-order chi connectivity index (χ1) is 7.69. The number of nitrogens with one attached hydrogen (secondary N) is 1. The van der Waals surface area contributed by atoms with Crippen LogP contribution in [-0.4, -0.2) is 29.5 Å². The molecule has 2 N–H and O–H groups in total. The Morgan fingerprint density at radius 1 is 1.50 bits per heavy atom. The number of carboxylic acids is 1. The number of rotatable bonds is 3. The van der Waals surface area contributed by atoms with Crippen LogP contribution in [0.3, 0.4) is 0 Å². The summed E-state index contributed by atoms with van der Waals surface area (Å²) >= 11 is 0. The van der Waals surface area contributed by atoms with Crippen molar-refractivity contribution < 1.29 is 19.4 Å². The van der Waals surface area contributed by atoms with Crippen molar-refractivity contribution in [3.05, 3.63) is 29.5 Å². The van der Waals surface area contributed by atoms with Crippen molar-refractivity contribution in [2.75, 3.05) is 7.11 Å². The number of benzene rings is 1. The molecule has 0 saturated carbocycles. The molecule has 1 aromatic heterocycles. The van der Waals surface area contributed by atoms with Gasteiger partial charge in [0.15, 0.2) is 6.29 Å². The lowest BCUT2D eigenvalue weighted by atomic mass is 10.1. The van der Waals surface area contributed by atoms with Crippen LogP contribution in [0, 0.1) is 0 Å². The van der Waals surface area contributed by atoms with Crippen LogP contribution in [0.5, 0.6) is 5.75 Å². The standard InChI is InChI=1S/C11H9NO4/c1-16-8-4-2-3-6-7(5-13)10(11(14)15)12-9(6)8/h2-5,12H,1H3,(H,14,15). The molecule has 16 heavy (non-hydrogen) atoms. The number of hydrogen-bond donors (Lipinski definition) is 2. The number of aromatic amines is 1. The molecular formula is C11H9NO4. The first-order valence-electron chi connectivity index (χ1n) is 4.56. The maximum absolute atomic E-state index is 10.9. The van der Waals surface area contributed by atoms with Gasteiger partial charge in [-0.05, 0) is 6.07 Å². The SMILES string of the molecule is COc1cccc2c(C=O)c(C(=O)O)[nH]c12. The van der Waals surface area contributed by atoms with Crippen LogP contribution in [0.1, 0.15) is 20.8 Å². The minimum atomic E-state index is -1.17. The highest BCUT2D eigenvalue weighted by Gasteiger charge is 2.18. The monoisotopic (exact) mass is 219 g/mol. The van der Waals surface area contributed by atoms with Crippen molar-refractivity contribution in [1.82, 2.24) is 4.98 Å². The minimum absolute atomic E-state index is 0.116. The first kappa shape index (κ1) is 10.2. The number of aromatic carboxylic acids is 1. The number of fused-ring (bicyclic) bond motifs is 1. The van der Waals surface area contributed by atoms with Gasteiger partial charge in [0.05, 0.1) is 18.2 Å². The van der Waals surface area contributed by atoms with Crippen LogP contribution >= 0.6 is 0 Å². The summed E-state index contributed by atoms with van der Waals surface area (Å²) in [7, 11) is 1.48. The fraction of sp³-hybridized carbons (Fsp3) is 0.0909. The second-order valence-corrected chi connectivity index (χ2v) is 3.22. The van der Waals surface area contributed by atoms with E-state index in [1.165, 1.54) is 7.11 Å². The van der Waals surface area contributed by atoms with E-state index < -0.39 is 5.97 Å². The van der Waals surface area contributed by atoms with Gasteiger partial charge in [0.1, 0.15) is 11.4 Å². The Morgan fingerprint density at radius 3 is 2.81 bits per heavy atom. The average molecular weight is 219 g/mol. The molecule has 0 saturated heterocycles. The molecule has 0 atom stereocenters. The molecule has 0 unspecified atom stereocenters. The number of aldehydes is 1. The Labute approximate surface area is 90.6 Å². The van der Waals surface area contributed by atoms with Crippen molar-refractivity contribution in [2.45, 2.75) is 0 Å². The minimum Gasteiger partial charge on any atom is -0.495 e. The molecule has 2 rings (SSSR count). The van der Waals surface area contributed by atoms with E-state index in [9.17, 15) is 9.59 Å². The highest BCUT2D eigenvalue weighted by atomic mass is 16.5. The average Bonchev–Trinajstić information content (AvgIpc) is 2.67. The van der Waals surface area contributed by atoms with Crippen molar-refractivity contribution >= 4 is 23.2 Å². The second-order valence-electron chi connectivity index (χ2n) is 3.22. The lowest BCUT2D eigenvalue weighted by Crippen LogP contribution is -2.00. The molecule has 0 aliphatic heterocycles. The molecular weight excluding hydrogens is 210 g/mol. The number of carboxylic acid groups (broad SMARTS) is 1. The third-order valence-electron chi connectivity index (χ3n) is 2.39. The van der Waals surface area contributed by atoms with Gasteiger partial charge >= 0.3 is 5.97 Å². The van der Waals surface area contributed by atoms with E-state index >= 15 is 0 Å². The maximum atomic E-state index is 10.9. The maximum Gasteiger partial charge on any atom is 0.353 e. The molecule has 5 nitrogen and oxygen atoms in total. The van der Waals surface area contributed by atoms with E-state index in [1.54, 1.807) is 18.2 Å². The molecule has 0 aliphatic rings. The van der Waals surface area contributed by atoms with Crippen LogP contribution in [0.25, 0.3) is 10.9 Å². The van der Waals surface area contributed by atoms with Gasteiger partial charge in [0, 0.05) is 5.39 Å². The summed E-state index contributed by atoms with van der Waals surface area (Å²) in [6, 6.07) is 5.07. The number of carbonyl (C=O) groups is 2. The molecule has 0 fully saturated rings. The smallest absolute Gasteiger partial charge is 0.353 e. The predicted octanol–water partition coefficient (Wildman–Crippen LogP) is 1.69. The predicted molar refractivity (Wildman–Crippen MR) is 57.2 cm³/mol. The number of H-pyrrole nitrogens is 1. The lowest BCUT2D eigenvalue weighted by molar-refractivity contribution is 0.0688. The molecule has 1 heterocycles. The molecule has 0 radical (unpaired) electrons.